The van der Waals surface area contributed by atoms with Crippen LogP contribution in [-0.2, 0) is 33.8 Å². The lowest BCUT2D eigenvalue weighted by atomic mass is 9.95. The zero-order chi connectivity index (χ0) is 32.8. The number of aryl methyl sites for hydroxylation is 1. The van der Waals surface area contributed by atoms with Crippen molar-refractivity contribution in [3.8, 4) is 34.1 Å². The predicted molar refractivity (Wildman–Crippen MR) is 168 cm³/mol. The number of ether oxygens (including phenoxy) is 5. The minimum atomic E-state index is -0.864. The van der Waals surface area contributed by atoms with E-state index in [2.05, 4.69) is 15.6 Å². The van der Waals surface area contributed by atoms with E-state index < -0.39 is 18.1 Å². The Morgan fingerprint density at radius 3 is 2.37 bits per heavy atom. The summed E-state index contributed by atoms with van der Waals surface area (Å²) in [6.07, 6.45) is 3.11. The van der Waals surface area contributed by atoms with Crippen LogP contribution in [0.25, 0.3) is 11.1 Å². The van der Waals surface area contributed by atoms with Crippen LogP contribution >= 0.6 is 0 Å². The summed E-state index contributed by atoms with van der Waals surface area (Å²) in [5.74, 6) is 0.689. The molecule has 1 amide bonds. The first-order valence-corrected chi connectivity index (χ1v) is 14.7. The van der Waals surface area contributed by atoms with Crippen molar-refractivity contribution in [2.24, 2.45) is 0 Å². The first kappa shape index (κ1) is 32.0. The van der Waals surface area contributed by atoms with Crippen LogP contribution in [0.4, 0.5) is 0 Å². The van der Waals surface area contributed by atoms with Gasteiger partial charge in [-0.25, -0.2) is 9.48 Å². The molecule has 46 heavy (non-hydrogen) atoms. The van der Waals surface area contributed by atoms with Crippen LogP contribution in [0, 0.1) is 0 Å². The summed E-state index contributed by atoms with van der Waals surface area (Å²) in [4.78, 5) is 38.1. The highest BCUT2D eigenvalue weighted by atomic mass is 16.5. The number of methoxy groups -OCH3 is 4. The molecule has 0 fully saturated rings. The molecular weight excluding hydrogens is 592 g/mol. The largest absolute Gasteiger partial charge is 0.493 e. The Morgan fingerprint density at radius 1 is 0.957 bits per heavy atom. The first-order chi connectivity index (χ1) is 22.3. The summed E-state index contributed by atoms with van der Waals surface area (Å²) in [5.41, 5.74) is 4.11. The molecule has 2 atom stereocenters. The molecule has 0 aliphatic heterocycles. The molecule has 12 nitrogen and oxygen atoms in total. The molecule has 1 aliphatic carbocycles. The summed E-state index contributed by atoms with van der Waals surface area (Å²) in [6.45, 7) is 1.19. The van der Waals surface area contributed by atoms with Crippen molar-refractivity contribution in [2.45, 2.75) is 44.9 Å². The van der Waals surface area contributed by atoms with Crippen LogP contribution in [-0.4, -0.2) is 61.4 Å². The third-order valence-electron chi connectivity index (χ3n) is 7.87. The molecule has 0 spiro atoms. The highest BCUT2D eigenvalue weighted by Crippen LogP contribution is 2.50. The Hall–Kier alpha value is -5.39. The average molecular weight is 629 g/mol. The lowest BCUT2D eigenvalue weighted by molar-refractivity contribution is -0.149. The molecule has 5 rings (SSSR count). The molecule has 12 heteroatoms. The Labute approximate surface area is 266 Å². The first-order valence-electron chi connectivity index (χ1n) is 14.7. The van der Waals surface area contributed by atoms with Gasteiger partial charge in [0, 0.05) is 18.9 Å². The van der Waals surface area contributed by atoms with Crippen LogP contribution in [0.3, 0.4) is 0 Å². The van der Waals surface area contributed by atoms with Gasteiger partial charge in [0.25, 0.3) is 0 Å². The topological polar surface area (TPSA) is 140 Å². The van der Waals surface area contributed by atoms with Crippen LogP contribution in [0.2, 0.25) is 0 Å². The van der Waals surface area contributed by atoms with Gasteiger partial charge < -0.3 is 29.0 Å². The number of fused-ring (bicyclic) bond motifs is 3. The molecule has 1 heterocycles. The van der Waals surface area contributed by atoms with E-state index in [0.29, 0.717) is 41.3 Å². The van der Waals surface area contributed by atoms with E-state index in [9.17, 15) is 14.4 Å². The van der Waals surface area contributed by atoms with E-state index in [1.165, 1.54) is 14.0 Å². The number of carbonyl (C=O) groups is 2. The lowest BCUT2D eigenvalue weighted by Crippen LogP contribution is -2.42. The highest BCUT2D eigenvalue weighted by molar-refractivity contribution is 5.84. The SMILES string of the molecule is COc1cc2c(c(OC)c1OC)-c1ccc(OC)c(=O)cc1[C@@H](n1cc(COC(=O)[C@H](Cc3ccccc3)NC(C)=O)nn1)CC2. The summed E-state index contributed by atoms with van der Waals surface area (Å²) in [5, 5.41) is 11.3. The number of nitrogens with zero attached hydrogens (tertiary/aromatic N) is 3. The van der Waals surface area contributed by atoms with Crippen molar-refractivity contribution < 1.29 is 33.3 Å². The summed E-state index contributed by atoms with van der Waals surface area (Å²) < 4.78 is 29.8. The molecule has 1 aromatic heterocycles. The molecule has 240 valence electrons. The molecule has 1 aliphatic rings. The number of hydrogen-bond acceptors (Lipinski definition) is 10. The van der Waals surface area contributed by atoms with Crippen molar-refractivity contribution in [3.63, 3.8) is 0 Å². The fourth-order valence-corrected chi connectivity index (χ4v) is 5.79. The number of carbonyl (C=O) groups excluding carboxylic acids is 2. The number of benzene rings is 2. The molecule has 0 radical (unpaired) electrons. The number of aromatic nitrogens is 3. The Bertz CT molecular complexity index is 1790. The summed E-state index contributed by atoms with van der Waals surface area (Å²) in [6, 6.07) is 15.0. The van der Waals surface area contributed by atoms with Gasteiger partial charge >= 0.3 is 5.97 Å². The van der Waals surface area contributed by atoms with E-state index in [0.717, 1.165) is 22.3 Å². The Morgan fingerprint density at radius 2 is 1.70 bits per heavy atom. The van der Waals surface area contributed by atoms with E-state index in [1.807, 2.05) is 42.5 Å². The second kappa shape index (κ2) is 14.1. The number of amides is 1. The molecule has 0 saturated carbocycles. The van der Waals surface area contributed by atoms with Gasteiger partial charge in [0.15, 0.2) is 17.2 Å². The molecule has 0 unspecified atom stereocenters. The maximum atomic E-state index is 13.2. The maximum Gasteiger partial charge on any atom is 0.329 e. The number of hydrogen-bond donors (Lipinski definition) is 1. The van der Waals surface area contributed by atoms with Crippen LogP contribution in [0.5, 0.6) is 23.0 Å². The van der Waals surface area contributed by atoms with E-state index in [1.54, 1.807) is 44.3 Å². The Balaban J connectivity index is 1.48. The number of rotatable bonds is 11. The lowest BCUT2D eigenvalue weighted by Gasteiger charge is -2.19. The molecule has 1 N–H and O–H groups in total. The van der Waals surface area contributed by atoms with E-state index >= 15 is 0 Å². The van der Waals surface area contributed by atoms with Gasteiger partial charge in [-0.15, -0.1) is 5.10 Å². The van der Waals surface area contributed by atoms with Gasteiger partial charge in [0.2, 0.25) is 17.1 Å². The summed E-state index contributed by atoms with van der Waals surface area (Å²) in [7, 11) is 6.11. The Kier molecular flexibility index (Phi) is 9.85. The summed E-state index contributed by atoms with van der Waals surface area (Å²) >= 11 is 0. The number of nitrogens with one attached hydrogen (secondary N) is 1. The normalized spacial score (nSPS) is 14.2. The zero-order valence-electron chi connectivity index (χ0n) is 26.4. The molecule has 4 aromatic rings. The fourth-order valence-electron chi connectivity index (χ4n) is 5.79. The van der Waals surface area contributed by atoms with E-state index in [-0.39, 0.29) is 30.1 Å². The second-order valence-corrected chi connectivity index (χ2v) is 10.8. The molecule has 0 bridgehead atoms. The third-order valence-corrected chi connectivity index (χ3v) is 7.87. The van der Waals surface area contributed by atoms with Crippen molar-refractivity contribution >= 4 is 11.9 Å². The smallest absolute Gasteiger partial charge is 0.329 e. The average Bonchev–Trinajstić information content (AvgIpc) is 3.39. The van der Waals surface area contributed by atoms with Gasteiger partial charge in [-0.2, -0.15) is 0 Å². The quantitative estimate of drug-likeness (QED) is 0.245. The van der Waals surface area contributed by atoms with Crippen LogP contribution in [0.15, 0.2) is 65.6 Å². The fraction of sp³-hybridized carbons (Fsp3) is 0.324. The van der Waals surface area contributed by atoms with Gasteiger partial charge in [-0.1, -0.05) is 41.6 Å². The van der Waals surface area contributed by atoms with Crippen molar-refractivity contribution in [2.75, 3.05) is 28.4 Å². The molecular formula is C34H36N4O8. The van der Waals surface area contributed by atoms with Gasteiger partial charge in [0.05, 0.1) is 40.7 Å². The van der Waals surface area contributed by atoms with Gasteiger partial charge in [-0.3, -0.25) is 9.59 Å². The molecule has 3 aromatic carbocycles. The molecule has 0 saturated heterocycles. The van der Waals surface area contributed by atoms with Crippen LogP contribution in [0.1, 0.15) is 41.8 Å². The zero-order valence-corrected chi connectivity index (χ0v) is 26.4. The van der Waals surface area contributed by atoms with Crippen LogP contribution < -0.4 is 29.7 Å². The van der Waals surface area contributed by atoms with Gasteiger partial charge in [0.1, 0.15) is 18.3 Å². The maximum absolute atomic E-state index is 13.2. The standard InChI is InChI=1S/C34H36N4O8/c1-20(39)35-26(15-21-9-7-6-8-10-21)34(41)46-19-23-18-38(37-36-23)27-13-11-22-16-30(43-3)32(44-4)33(45-5)31(22)24-12-14-29(42-2)28(40)17-25(24)27/h6-10,12,14,16-18,26-27H,11,13,15,19H2,1-5H3,(H,35,39)/t26-,27-/m0/s1. The second-order valence-electron chi connectivity index (χ2n) is 10.8. The van der Waals surface area contributed by atoms with Gasteiger partial charge in [-0.05, 0) is 53.3 Å². The number of esters is 1. The van der Waals surface area contributed by atoms with Crippen molar-refractivity contribution in [1.29, 1.82) is 0 Å². The minimum absolute atomic E-state index is 0.158. The third kappa shape index (κ3) is 6.65. The minimum Gasteiger partial charge on any atom is -0.493 e. The van der Waals surface area contributed by atoms with Crippen molar-refractivity contribution in [1.82, 2.24) is 20.3 Å². The highest BCUT2D eigenvalue weighted by Gasteiger charge is 2.31. The monoisotopic (exact) mass is 628 g/mol. The van der Waals surface area contributed by atoms with E-state index in [4.69, 9.17) is 23.7 Å². The predicted octanol–water partition coefficient (Wildman–Crippen LogP) is 3.67. The van der Waals surface area contributed by atoms with Crippen molar-refractivity contribution in [3.05, 3.63) is 93.4 Å².